The zero-order valence-corrected chi connectivity index (χ0v) is 18.8. The topological polar surface area (TPSA) is 78.2 Å². The third-order valence-corrected chi connectivity index (χ3v) is 5.59. The summed E-state index contributed by atoms with van der Waals surface area (Å²) < 4.78 is 8.77. The van der Waals surface area contributed by atoms with Gasteiger partial charge in [0.05, 0.1) is 33.3 Å². The molecule has 0 unspecified atom stereocenters. The Morgan fingerprint density at radius 2 is 1.81 bits per heavy atom. The predicted octanol–water partition coefficient (Wildman–Crippen LogP) is 4.59. The molecule has 0 spiro atoms. The molecule has 8 heteroatoms. The van der Waals surface area contributed by atoms with E-state index in [1.54, 1.807) is 15.3 Å². The number of carbonyl (C=O) groups is 2. The lowest BCUT2D eigenvalue weighted by atomic mass is 10.2. The fraction of sp³-hybridized carbons (Fsp3) is 0.208. The third-order valence-electron chi connectivity index (χ3n) is 5.29. The molecule has 4 aromatic rings. The molecule has 0 atom stereocenters. The van der Waals surface area contributed by atoms with Gasteiger partial charge in [-0.3, -0.25) is 9.59 Å². The number of rotatable bonds is 6. The standard InChI is InChI=1S/C24H23ClN4O3/c1-15-12-18-8-7-11-20(25)24(18)28(15)13-22(31)32-14-21(30)26-23-16(2)27-29(17(23)3)19-9-5-4-6-10-19/h4-12H,13-14H2,1-3H3,(H,26,30). The fourth-order valence-electron chi connectivity index (χ4n) is 3.76. The first-order valence-corrected chi connectivity index (χ1v) is 10.5. The summed E-state index contributed by atoms with van der Waals surface area (Å²) in [5.41, 5.74) is 4.62. The van der Waals surface area contributed by atoms with Crippen molar-refractivity contribution < 1.29 is 14.3 Å². The maximum absolute atomic E-state index is 12.4. The number of carbonyl (C=O) groups excluding carboxylic acids is 2. The number of para-hydroxylation sites is 2. The van der Waals surface area contributed by atoms with Crippen LogP contribution in [-0.2, 0) is 20.9 Å². The Hall–Kier alpha value is -3.58. The van der Waals surface area contributed by atoms with Crippen LogP contribution in [0.4, 0.5) is 5.69 Å². The van der Waals surface area contributed by atoms with Crippen molar-refractivity contribution in [3.8, 4) is 5.69 Å². The summed E-state index contributed by atoms with van der Waals surface area (Å²) in [5, 5.41) is 8.81. The van der Waals surface area contributed by atoms with Gasteiger partial charge >= 0.3 is 5.97 Å². The van der Waals surface area contributed by atoms with Gasteiger partial charge in [0.1, 0.15) is 6.54 Å². The van der Waals surface area contributed by atoms with Gasteiger partial charge in [0, 0.05) is 11.1 Å². The number of aromatic nitrogens is 3. The molecule has 0 aliphatic rings. The molecule has 2 heterocycles. The van der Waals surface area contributed by atoms with Crippen LogP contribution in [0.25, 0.3) is 16.6 Å². The first-order chi connectivity index (χ1) is 15.3. The van der Waals surface area contributed by atoms with Crippen LogP contribution in [0.2, 0.25) is 5.02 Å². The molecule has 2 aromatic heterocycles. The van der Waals surface area contributed by atoms with E-state index in [2.05, 4.69) is 10.4 Å². The van der Waals surface area contributed by atoms with Gasteiger partial charge in [-0.1, -0.05) is 41.9 Å². The highest BCUT2D eigenvalue weighted by Crippen LogP contribution is 2.27. The summed E-state index contributed by atoms with van der Waals surface area (Å²) in [5.74, 6) is -0.946. The number of hydrogen-bond donors (Lipinski definition) is 1. The first kappa shape index (κ1) is 21.6. The number of nitrogens with zero attached hydrogens (tertiary/aromatic N) is 3. The highest BCUT2D eigenvalue weighted by atomic mass is 35.5. The van der Waals surface area contributed by atoms with Crippen molar-refractivity contribution >= 4 is 40.1 Å². The van der Waals surface area contributed by atoms with E-state index in [4.69, 9.17) is 16.3 Å². The van der Waals surface area contributed by atoms with E-state index in [0.29, 0.717) is 16.4 Å². The number of halogens is 1. The lowest BCUT2D eigenvalue weighted by Crippen LogP contribution is -2.23. The maximum atomic E-state index is 12.4. The van der Waals surface area contributed by atoms with Crippen LogP contribution in [0, 0.1) is 20.8 Å². The molecule has 32 heavy (non-hydrogen) atoms. The molecule has 0 saturated carbocycles. The number of esters is 1. The lowest BCUT2D eigenvalue weighted by molar-refractivity contribution is -0.147. The van der Waals surface area contributed by atoms with Crippen molar-refractivity contribution in [1.82, 2.24) is 14.3 Å². The van der Waals surface area contributed by atoms with Gasteiger partial charge in [-0.05, 0) is 45.0 Å². The van der Waals surface area contributed by atoms with Gasteiger partial charge in [0.25, 0.3) is 5.91 Å². The largest absolute Gasteiger partial charge is 0.454 e. The molecule has 1 N–H and O–H groups in total. The predicted molar refractivity (Wildman–Crippen MR) is 124 cm³/mol. The average molecular weight is 451 g/mol. The van der Waals surface area contributed by atoms with Crippen molar-refractivity contribution in [2.75, 3.05) is 11.9 Å². The number of hydrogen-bond acceptors (Lipinski definition) is 4. The Morgan fingerprint density at radius 3 is 2.56 bits per heavy atom. The minimum atomic E-state index is -0.519. The molecule has 0 saturated heterocycles. The Bertz CT molecular complexity index is 1310. The average Bonchev–Trinajstić information content (AvgIpc) is 3.24. The van der Waals surface area contributed by atoms with Gasteiger partial charge < -0.3 is 14.6 Å². The maximum Gasteiger partial charge on any atom is 0.326 e. The molecule has 164 valence electrons. The van der Waals surface area contributed by atoms with Gasteiger partial charge in [-0.25, -0.2) is 4.68 Å². The van der Waals surface area contributed by atoms with E-state index in [0.717, 1.165) is 28.0 Å². The first-order valence-electron chi connectivity index (χ1n) is 10.2. The van der Waals surface area contributed by atoms with Crippen LogP contribution >= 0.6 is 11.6 Å². The number of amides is 1. The molecule has 7 nitrogen and oxygen atoms in total. The van der Waals surface area contributed by atoms with E-state index in [1.165, 1.54) is 0 Å². The zero-order valence-electron chi connectivity index (χ0n) is 18.1. The second-order valence-corrected chi connectivity index (χ2v) is 7.96. The molecule has 4 rings (SSSR count). The summed E-state index contributed by atoms with van der Waals surface area (Å²) in [6.45, 7) is 5.17. The lowest BCUT2D eigenvalue weighted by Gasteiger charge is -2.10. The molecule has 0 aliphatic carbocycles. The SMILES string of the molecule is Cc1nn(-c2ccccc2)c(C)c1NC(=O)COC(=O)Cn1c(C)cc2cccc(Cl)c21. The van der Waals surface area contributed by atoms with E-state index >= 15 is 0 Å². The number of benzene rings is 2. The summed E-state index contributed by atoms with van der Waals surface area (Å²) in [7, 11) is 0. The van der Waals surface area contributed by atoms with Crippen molar-refractivity contribution in [3.63, 3.8) is 0 Å². The van der Waals surface area contributed by atoms with Crippen molar-refractivity contribution in [3.05, 3.63) is 76.7 Å². The Morgan fingerprint density at radius 1 is 1.06 bits per heavy atom. The fourth-order valence-corrected chi connectivity index (χ4v) is 4.04. The highest BCUT2D eigenvalue weighted by molar-refractivity contribution is 6.35. The summed E-state index contributed by atoms with van der Waals surface area (Å²) >= 11 is 6.31. The van der Waals surface area contributed by atoms with Crippen LogP contribution in [-0.4, -0.2) is 32.8 Å². The smallest absolute Gasteiger partial charge is 0.326 e. The third kappa shape index (κ3) is 4.24. The van der Waals surface area contributed by atoms with E-state index in [-0.39, 0.29) is 13.2 Å². The van der Waals surface area contributed by atoms with Crippen molar-refractivity contribution in [2.24, 2.45) is 0 Å². The molecule has 1 amide bonds. The number of ether oxygens (including phenoxy) is 1. The van der Waals surface area contributed by atoms with Crippen LogP contribution < -0.4 is 5.32 Å². The number of nitrogens with one attached hydrogen (secondary N) is 1. The summed E-state index contributed by atoms with van der Waals surface area (Å²) in [4.78, 5) is 24.9. The monoisotopic (exact) mass is 450 g/mol. The van der Waals surface area contributed by atoms with Gasteiger partial charge in [-0.15, -0.1) is 0 Å². The molecule has 0 aliphatic heterocycles. The Balaban J connectivity index is 1.41. The highest BCUT2D eigenvalue weighted by Gasteiger charge is 2.17. The van der Waals surface area contributed by atoms with Crippen LogP contribution in [0.1, 0.15) is 17.1 Å². The zero-order chi connectivity index (χ0) is 22.8. The van der Waals surface area contributed by atoms with E-state index in [1.807, 2.05) is 69.3 Å². The number of aryl methyl sites for hydroxylation is 2. The van der Waals surface area contributed by atoms with Gasteiger partial charge in [0.2, 0.25) is 0 Å². The number of fused-ring (bicyclic) bond motifs is 1. The second kappa shape index (κ2) is 8.88. The van der Waals surface area contributed by atoms with Gasteiger partial charge in [-0.2, -0.15) is 5.10 Å². The minimum absolute atomic E-state index is 0.0314. The normalized spacial score (nSPS) is 11.0. The van der Waals surface area contributed by atoms with Gasteiger partial charge in [0.15, 0.2) is 6.61 Å². The quantitative estimate of drug-likeness (QED) is 0.436. The molecule has 0 radical (unpaired) electrons. The summed E-state index contributed by atoms with van der Waals surface area (Å²) in [6.07, 6.45) is 0. The molecule has 0 fully saturated rings. The molecule has 2 aromatic carbocycles. The Labute approximate surface area is 190 Å². The van der Waals surface area contributed by atoms with Crippen molar-refractivity contribution in [2.45, 2.75) is 27.3 Å². The Kier molecular flexibility index (Phi) is 6.01. The summed E-state index contributed by atoms with van der Waals surface area (Å²) in [6, 6.07) is 17.2. The minimum Gasteiger partial charge on any atom is -0.454 e. The van der Waals surface area contributed by atoms with Crippen LogP contribution in [0.15, 0.2) is 54.6 Å². The molecular weight excluding hydrogens is 428 g/mol. The van der Waals surface area contributed by atoms with E-state index < -0.39 is 11.9 Å². The molecular formula is C24H23ClN4O3. The number of anilines is 1. The van der Waals surface area contributed by atoms with Crippen LogP contribution in [0.5, 0.6) is 0 Å². The molecule has 0 bridgehead atoms. The van der Waals surface area contributed by atoms with Crippen LogP contribution in [0.3, 0.4) is 0 Å². The van der Waals surface area contributed by atoms with E-state index in [9.17, 15) is 9.59 Å². The second-order valence-electron chi connectivity index (χ2n) is 7.55. The van der Waals surface area contributed by atoms with Crippen molar-refractivity contribution in [1.29, 1.82) is 0 Å².